The fraction of sp³-hybridized carbons (Fsp3) is 0.600. The van der Waals surface area contributed by atoms with E-state index in [9.17, 15) is 0 Å². The zero-order chi connectivity index (χ0) is 9.64. The second kappa shape index (κ2) is 5.14. The Kier molecular flexibility index (Phi) is 3.57. The summed E-state index contributed by atoms with van der Waals surface area (Å²) in [5.74, 6) is 0. The van der Waals surface area contributed by atoms with Crippen LogP contribution in [0.15, 0.2) is 18.5 Å². The van der Waals surface area contributed by atoms with Gasteiger partial charge in [0, 0.05) is 38.1 Å². The molecule has 14 heavy (non-hydrogen) atoms. The van der Waals surface area contributed by atoms with Crippen LogP contribution in [0, 0.1) is 0 Å². The first-order valence-corrected chi connectivity index (χ1v) is 5.08. The monoisotopic (exact) mass is 195 g/mol. The van der Waals surface area contributed by atoms with Crippen molar-refractivity contribution in [3.8, 4) is 0 Å². The lowest BCUT2D eigenvalue weighted by atomic mass is 10.2. The normalized spacial score (nSPS) is 22.4. The molecule has 1 aromatic rings. The van der Waals surface area contributed by atoms with Gasteiger partial charge in [0.1, 0.15) is 0 Å². The van der Waals surface area contributed by atoms with Crippen molar-refractivity contribution in [3.05, 3.63) is 24.0 Å². The quantitative estimate of drug-likeness (QED) is 0.638. The van der Waals surface area contributed by atoms with Crippen molar-refractivity contribution in [1.82, 2.24) is 15.6 Å². The molecule has 2 heterocycles. The largest absolute Gasteiger partial charge is 0.378 e. The van der Waals surface area contributed by atoms with Gasteiger partial charge in [0.15, 0.2) is 0 Å². The Morgan fingerprint density at radius 1 is 1.57 bits per heavy atom. The van der Waals surface area contributed by atoms with Gasteiger partial charge in [-0.2, -0.15) is 0 Å². The van der Waals surface area contributed by atoms with Crippen molar-refractivity contribution in [2.45, 2.75) is 12.6 Å². The van der Waals surface area contributed by atoms with E-state index < -0.39 is 0 Å². The molecule has 4 heteroatoms. The standard InChI is InChI=1S/C10H17N3O/c1-2-11-5-9(1)6-12-7-10-8-14-4-3-13-10/h1-2,5,10-13H,3-4,6-8H2. The van der Waals surface area contributed by atoms with Gasteiger partial charge in [-0.05, 0) is 11.6 Å². The predicted octanol–water partition coefficient (Wildman–Crippen LogP) is 0.0927. The van der Waals surface area contributed by atoms with Crippen molar-refractivity contribution in [2.24, 2.45) is 0 Å². The Morgan fingerprint density at radius 3 is 3.29 bits per heavy atom. The van der Waals surface area contributed by atoms with Gasteiger partial charge in [-0.15, -0.1) is 0 Å². The van der Waals surface area contributed by atoms with E-state index in [0.29, 0.717) is 6.04 Å². The maximum atomic E-state index is 5.36. The van der Waals surface area contributed by atoms with E-state index in [1.807, 2.05) is 12.4 Å². The number of hydrogen-bond acceptors (Lipinski definition) is 3. The number of hydrogen-bond donors (Lipinski definition) is 3. The summed E-state index contributed by atoms with van der Waals surface area (Å²) in [5, 5.41) is 6.80. The molecule has 2 rings (SSSR count). The average Bonchev–Trinajstić information content (AvgIpc) is 2.72. The molecule has 0 radical (unpaired) electrons. The first kappa shape index (κ1) is 9.71. The van der Waals surface area contributed by atoms with Gasteiger partial charge in [0.05, 0.1) is 13.2 Å². The number of H-pyrrole nitrogens is 1. The van der Waals surface area contributed by atoms with Crippen LogP contribution in [0.5, 0.6) is 0 Å². The maximum Gasteiger partial charge on any atom is 0.0632 e. The molecule has 0 amide bonds. The molecule has 1 aliphatic rings. The Bertz CT molecular complexity index is 242. The minimum absolute atomic E-state index is 0.461. The third kappa shape index (κ3) is 2.83. The van der Waals surface area contributed by atoms with Crippen LogP contribution < -0.4 is 10.6 Å². The van der Waals surface area contributed by atoms with E-state index in [2.05, 4.69) is 21.7 Å². The van der Waals surface area contributed by atoms with E-state index in [4.69, 9.17) is 4.74 Å². The highest BCUT2D eigenvalue weighted by atomic mass is 16.5. The topological polar surface area (TPSA) is 49.1 Å². The van der Waals surface area contributed by atoms with Crippen LogP contribution in [0.25, 0.3) is 0 Å². The molecule has 4 nitrogen and oxygen atoms in total. The molecule has 0 bridgehead atoms. The highest BCUT2D eigenvalue weighted by molar-refractivity contribution is 5.07. The van der Waals surface area contributed by atoms with Crippen LogP contribution in [0.3, 0.4) is 0 Å². The summed E-state index contributed by atoms with van der Waals surface area (Å²) in [5.41, 5.74) is 1.29. The summed E-state index contributed by atoms with van der Waals surface area (Å²) in [6.07, 6.45) is 3.96. The van der Waals surface area contributed by atoms with E-state index in [1.54, 1.807) is 0 Å². The zero-order valence-electron chi connectivity index (χ0n) is 8.25. The Hall–Kier alpha value is -0.840. The smallest absolute Gasteiger partial charge is 0.0632 e. The summed E-state index contributed by atoms with van der Waals surface area (Å²) in [4.78, 5) is 3.04. The first-order chi connectivity index (χ1) is 6.95. The van der Waals surface area contributed by atoms with Gasteiger partial charge < -0.3 is 20.4 Å². The lowest BCUT2D eigenvalue weighted by Gasteiger charge is -2.23. The van der Waals surface area contributed by atoms with Gasteiger partial charge in [0.25, 0.3) is 0 Å². The van der Waals surface area contributed by atoms with Gasteiger partial charge >= 0.3 is 0 Å². The fourth-order valence-electron chi connectivity index (χ4n) is 1.61. The second-order valence-electron chi connectivity index (χ2n) is 3.58. The molecular formula is C10H17N3O. The molecular weight excluding hydrogens is 178 g/mol. The van der Waals surface area contributed by atoms with E-state index in [1.165, 1.54) is 5.56 Å². The number of rotatable bonds is 4. The summed E-state index contributed by atoms with van der Waals surface area (Å²) in [7, 11) is 0. The maximum absolute atomic E-state index is 5.36. The van der Waals surface area contributed by atoms with Crippen molar-refractivity contribution in [3.63, 3.8) is 0 Å². The lowest BCUT2D eigenvalue weighted by Crippen LogP contribution is -2.47. The molecule has 1 fully saturated rings. The van der Waals surface area contributed by atoms with Gasteiger partial charge in [-0.3, -0.25) is 0 Å². The summed E-state index contributed by atoms with van der Waals surface area (Å²) in [6.45, 7) is 4.51. The molecule has 0 spiro atoms. The molecule has 0 aromatic carbocycles. The summed E-state index contributed by atoms with van der Waals surface area (Å²) >= 11 is 0. The van der Waals surface area contributed by atoms with Crippen LogP contribution in [-0.2, 0) is 11.3 Å². The first-order valence-electron chi connectivity index (χ1n) is 5.08. The Morgan fingerprint density at radius 2 is 2.57 bits per heavy atom. The molecule has 78 valence electrons. The van der Waals surface area contributed by atoms with Crippen molar-refractivity contribution in [1.29, 1.82) is 0 Å². The molecule has 1 aliphatic heterocycles. The fourth-order valence-corrected chi connectivity index (χ4v) is 1.61. The minimum atomic E-state index is 0.461. The highest BCUT2D eigenvalue weighted by Crippen LogP contribution is 1.96. The molecule has 1 atom stereocenters. The van der Waals surface area contributed by atoms with Gasteiger partial charge in [0.2, 0.25) is 0 Å². The van der Waals surface area contributed by atoms with Crippen molar-refractivity contribution >= 4 is 0 Å². The Labute approximate surface area is 84.0 Å². The average molecular weight is 195 g/mol. The number of nitrogens with one attached hydrogen (secondary N) is 3. The predicted molar refractivity (Wildman–Crippen MR) is 55.1 cm³/mol. The van der Waals surface area contributed by atoms with Gasteiger partial charge in [-0.25, -0.2) is 0 Å². The summed E-state index contributed by atoms with van der Waals surface area (Å²) < 4.78 is 5.36. The van der Waals surface area contributed by atoms with Crippen LogP contribution in [-0.4, -0.2) is 37.3 Å². The molecule has 1 unspecified atom stereocenters. The zero-order valence-corrected chi connectivity index (χ0v) is 8.25. The number of morpholine rings is 1. The lowest BCUT2D eigenvalue weighted by molar-refractivity contribution is 0.0766. The molecule has 1 saturated heterocycles. The number of aromatic amines is 1. The SMILES string of the molecule is c1cc(CNCC2COCCN2)c[nH]1. The third-order valence-corrected chi connectivity index (χ3v) is 2.38. The second-order valence-corrected chi connectivity index (χ2v) is 3.58. The minimum Gasteiger partial charge on any atom is -0.378 e. The number of ether oxygens (including phenoxy) is 1. The molecule has 0 aliphatic carbocycles. The van der Waals surface area contributed by atoms with Crippen molar-refractivity contribution in [2.75, 3.05) is 26.3 Å². The van der Waals surface area contributed by atoms with Crippen LogP contribution in [0.1, 0.15) is 5.56 Å². The molecule has 1 aromatic heterocycles. The summed E-state index contributed by atoms with van der Waals surface area (Å²) in [6, 6.07) is 2.54. The molecule has 0 saturated carbocycles. The van der Waals surface area contributed by atoms with Crippen LogP contribution >= 0.6 is 0 Å². The third-order valence-electron chi connectivity index (χ3n) is 2.38. The Balaban J connectivity index is 1.62. The number of aromatic nitrogens is 1. The van der Waals surface area contributed by atoms with E-state index in [-0.39, 0.29) is 0 Å². The van der Waals surface area contributed by atoms with Crippen molar-refractivity contribution < 1.29 is 4.74 Å². The van der Waals surface area contributed by atoms with E-state index in [0.717, 1.165) is 32.8 Å². The van der Waals surface area contributed by atoms with Crippen LogP contribution in [0.2, 0.25) is 0 Å². The van der Waals surface area contributed by atoms with Crippen LogP contribution in [0.4, 0.5) is 0 Å². The molecule has 3 N–H and O–H groups in total. The highest BCUT2D eigenvalue weighted by Gasteiger charge is 2.11. The van der Waals surface area contributed by atoms with Gasteiger partial charge in [-0.1, -0.05) is 0 Å². The van der Waals surface area contributed by atoms with E-state index >= 15 is 0 Å².